The molecule has 0 saturated heterocycles. The van der Waals surface area contributed by atoms with Gasteiger partial charge in [-0.2, -0.15) is 8.42 Å². The van der Waals surface area contributed by atoms with Crippen molar-refractivity contribution in [2.24, 2.45) is 5.73 Å². The number of nitrogens with one attached hydrogen (secondary N) is 3. The van der Waals surface area contributed by atoms with Crippen molar-refractivity contribution in [2.45, 2.75) is 6.92 Å². The van der Waals surface area contributed by atoms with Crippen LogP contribution in [0.3, 0.4) is 0 Å². The van der Waals surface area contributed by atoms with Crippen molar-refractivity contribution >= 4 is 33.5 Å². The van der Waals surface area contributed by atoms with E-state index < -0.39 is 21.9 Å². The number of amidine groups is 1. The molecule has 0 aliphatic rings. The largest absolute Gasteiger partial charge is 0.384 e. The highest BCUT2D eigenvalue weighted by atomic mass is 32.2. The molecule has 5 N–H and O–H groups in total. The molecule has 0 atom stereocenters. The molecule has 10 heteroatoms. The fraction of sp³-hybridized carbons (Fsp3) is 0.0870. The number of benzene rings is 3. The maximum atomic E-state index is 13.1. The van der Waals surface area contributed by atoms with Gasteiger partial charge in [-0.25, -0.2) is 5.48 Å². The Balaban J connectivity index is 1.97. The zero-order valence-electron chi connectivity index (χ0n) is 17.9. The van der Waals surface area contributed by atoms with Crippen LogP contribution < -0.4 is 16.5 Å². The van der Waals surface area contributed by atoms with Crippen molar-refractivity contribution in [1.82, 2.24) is 5.48 Å². The predicted octanol–water partition coefficient (Wildman–Crippen LogP) is 2.82. The van der Waals surface area contributed by atoms with Crippen LogP contribution in [-0.2, 0) is 14.4 Å². The van der Waals surface area contributed by atoms with Gasteiger partial charge < -0.3 is 11.1 Å². The fourth-order valence-corrected chi connectivity index (χ4v) is 3.32. The second-order valence-electron chi connectivity index (χ2n) is 7.26. The molecule has 0 radical (unpaired) electrons. The number of hydrogen-bond donors (Lipinski definition) is 4. The lowest BCUT2D eigenvalue weighted by Crippen LogP contribution is -2.27. The number of nitrogens with two attached hydrogens (primary N) is 1. The first-order valence-electron chi connectivity index (χ1n) is 9.70. The normalized spacial score (nSPS) is 11.0. The first kappa shape index (κ1) is 23.6. The van der Waals surface area contributed by atoms with E-state index in [-0.39, 0.29) is 11.4 Å². The Labute approximate surface area is 191 Å². The number of aryl methyl sites for hydroxylation is 1. The van der Waals surface area contributed by atoms with Gasteiger partial charge in [0.1, 0.15) is 5.84 Å². The second kappa shape index (κ2) is 9.63. The minimum Gasteiger partial charge on any atom is -0.384 e. The summed E-state index contributed by atoms with van der Waals surface area (Å²) >= 11 is 0. The van der Waals surface area contributed by atoms with E-state index in [9.17, 15) is 18.0 Å². The summed E-state index contributed by atoms with van der Waals surface area (Å²) in [4.78, 5) is 25.7. The van der Waals surface area contributed by atoms with Gasteiger partial charge in [0.25, 0.3) is 21.9 Å². The van der Waals surface area contributed by atoms with E-state index >= 15 is 0 Å². The van der Waals surface area contributed by atoms with Gasteiger partial charge >= 0.3 is 0 Å². The lowest BCUT2D eigenvalue weighted by Gasteiger charge is -2.15. The topological polar surface area (TPSA) is 151 Å². The molecule has 33 heavy (non-hydrogen) atoms. The van der Waals surface area contributed by atoms with Crippen LogP contribution in [0, 0.1) is 12.3 Å². The van der Waals surface area contributed by atoms with Gasteiger partial charge in [-0.15, -0.1) is 4.28 Å². The monoisotopic (exact) mass is 466 g/mol. The molecule has 2 amide bonds. The molecule has 0 spiro atoms. The van der Waals surface area contributed by atoms with E-state index in [0.29, 0.717) is 27.9 Å². The molecule has 3 rings (SSSR count). The van der Waals surface area contributed by atoms with Crippen LogP contribution in [0.5, 0.6) is 0 Å². The van der Waals surface area contributed by atoms with Gasteiger partial charge in [-0.1, -0.05) is 35.9 Å². The molecule has 0 aliphatic heterocycles. The average molecular weight is 467 g/mol. The number of nitrogen functional groups attached to an aromatic ring is 1. The van der Waals surface area contributed by atoms with Gasteiger partial charge in [0.05, 0.1) is 6.26 Å². The Hall–Kier alpha value is -4.02. The molecule has 9 nitrogen and oxygen atoms in total. The molecule has 0 saturated carbocycles. The molecule has 3 aromatic rings. The van der Waals surface area contributed by atoms with Gasteiger partial charge in [0, 0.05) is 22.4 Å². The Morgan fingerprint density at radius 1 is 0.909 bits per heavy atom. The minimum absolute atomic E-state index is 0.0800. The lowest BCUT2D eigenvalue weighted by atomic mass is 9.93. The van der Waals surface area contributed by atoms with Crippen LogP contribution in [0.1, 0.15) is 31.8 Å². The number of carbonyl (C=O) groups excluding carboxylic acids is 2. The molecule has 0 bridgehead atoms. The number of anilines is 1. The van der Waals surface area contributed by atoms with E-state index in [1.165, 1.54) is 6.07 Å². The summed E-state index contributed by atoms with van der Waals surface area (Å²) in [6, 6.07) is 18.2. The van der Waals surface area contributed by atoms with Gasteiger partial charge in [0.15, 0.2) is 0 Å². The van der Waals surface area contributed by atoms with E-state index in [1.54, 1.807) is 60.7 Å². The van der Waals surface area contributed by atoms with E-state index in [4.69, 9.17) is 11.1 Å². The average Bonchev–Trinajstić information content (AvgIpc) is 2.77. The van der Waals surface area contributed by atoms with Crippen LogP contribution >= 0.6 is 0 Å². The number of hydrogen-bond acceptors (Lipinski definition) is 6. The summed E-state index contributed by atoms with van der Waals surface area (Å²) in [5, 5.41) is 10.3. The highest BCUT2D eigenvalue weighted by Crippen LogP contribution is 2.29. The molecule has 3 aromatic carbocycles. The lowest BCUT2D eigenvalue weighted by molar-refractivity contribution is 0.0773. The van der Waals surface area contributed by atoms with Crippen molar-refractivity contribution in [2.75, 3.05) is 11.6 Å². The second-order valence-corrected chi connectivity index (χ2v) is 8.83. The van der Waals surface area contributed by atoms with E-state index in [0.717, 1.165) is 11.8 Å². The highest BCUT2D eigenvalue weighted by Gasteiger charge is 2.20. The van der Waals surface area contributed by atoms with Crippen LogP contribution in [0.4, 0.5) is 5.69 Å². The standard InChI is InChI=1S/C23H22N4O5S/c1-14-7-12-18(17-5-3-4-6-19(17)23(29)27-32-33(2,30)31)20(13-14)22(28)26-16-10-8-15(9-11-16)21(24)25/h3-13H,1-2H3,(H3,24,25)(H,26,28)(H,27,29). The van der Waals surface area contributed by atoms with Crippen LogP contribution in [-0.4, -0.2) is 32.3 Å². The molecular weight excluding hydrogens is 444 g/mol. The number of amides is 2. The Morgan fingerprint density at radius 2 is 1.55 bits per heavy atom. The van der Waals surface area contributed by atoms with Crippen LogP contribution in [0.2, 0.25) is 0 Å². The quantitative estimate of drug-likeness (QED) is 0.239. The number of rotatable bonds is 7. The van der Waals surface area contributed by atoms with Crippen molar-refractivity contribution in [3.63, 3.8) is 0 Å². The maximum Gasteiger partial charge on any atom is 0.285 e. The molecular formula is C23H22N4O5S. The Bertz CT molecular complexity index is 1340. The van der Waals surface area contributed by atoms with Crippen LogP contribution in [0.15, 0.2) is 66.7 Å². The third kappa shape index (κ3) is 6.03. The fourth-order valence-electron chi connectivity index (χ4n) is 3.10. The summed E-state index contributed by atoms with van der Waals surface area (Å²) in [7, 11) is -3.89. The first-order chi connectivity index (χ1) is 15.5. The number of carbonyl (C=O) groups is 2. The Morgan fingerprint density at radius 3 is 2.18 bits per heavy atom. The molecule has 170 valence electrons. The van der Waals surface area contributed by atoms with E-state index in [2.05, 4.69) is 9.60 Å². The molecule has 0 aliphatic carbocycles. The molecule has 0 fully saturated rings. The van der Waals surface area contributed by atoms with Crippen LogP contribution in [0.25, 0.3) is 11.1 Å². The highest BCUT2D eigenvalue weighted by molar-refractivity contribution is 7.85. The van der Waals surface area contributed by atoms with Crippen molar-refractivity contribution < 1.29 is 22.3 Å². The smallest absolute Gasteiger partial charge is 0.285 e. The zero-order valence-corrected chi connectivity index (χ0v) is 18.7. The first-order valence-corrected chi connectivity index (χ1v) is 11.5. The van der Waals surface area contributed by atoms with Gasteiger partial charge in [0.2, 0.25) is 0 Å². The Kier molecular flexibility index (Phi) is 6.90. The van der Waals surface area contributed by atoms with Gasteiger partial charge in [-0.3, -0.25) is 15.0 Å². The summed E-state index contributed by atoms with van der Waals surface area (Å²) in [5.74, 6) is -1.27. The van der Waals surface area contributed by atoms with Crippen molar-refractivity contribution in [1.29, 1.82) is 5.41 Å². The molecule has 0 unspecified atom stereocenters. The summed E-state index contributed by atoms with van der Waals surface area (Å²) in [6.07, 6.45) is 0.810. The molecule has 0 aromatic heterocycles. The third-order valence-electron chi connectivity index (χ3n) is 4.62. The van der Waals surface area contributed by atoms with Crippen molar-refractivity contribution in [3.8, 4) is 11.1 Å². The summed E-state index contributed by atoms with van der Waals surface area (Å²) in [5.41, 5.74) is 10.6. The third-order valence-corrected chi connectivity index (χ3v) is 5.01. The van der Waals surface area contributed by atoms with Crippen molar-refractivity contribution in [3.05, 3.63) is 89.0 Å². The molecule has 0 heterocycles. The predicted molar refractivity (Wildman–Crippen MR) is 125 cm³/mol. The summed E-state index contributed by atoms with van der Waals surface area (Å²) in [6.45, 7) is 1.83. The van der Waals surface area contributed by atoms with E-state index in [1.807, 2.05) is 12.4 Å². The summed E-state index contributed by atoms with van der Waals surface area (Å²) < 4.78 is 26.9. The van der Waals surface area contributed by atoms with Gasteiger partial charge in [-0.05, 0) is 54.4 Å². The zero-order chi connectivity index (χ0) is 24.2. The SMILES string of the molecule is Cc1ccc(-c2ccccc2C(=O)NOS(C)(=O)=O)c(C(=O)Nc2ccc(C(=N)N)cc2)c1. The maximum absolute atomic E-state index is 13.1. The minimum atomic E-state index is -3.89. The number of hydroxylamine groups is 1.